The number of hydrogen-bond donors (Lipinski definition) is 0. The van der Waals surface area contributed by atoms with E-state index in [1.54, 1.807) is 0 Å². The molecule has 0 aromatic carbocycles. The fraction of sp³-hybridized carbons (Fsp3) is 0.667. The summed E-state index contributed by atoms with van der Waals surface area (Å²) in [5, 5.41) is 0. The molecule has 10 heteroatoms. The van der Waals surface area contributed by atoms with Gasteiger partial charge in [-0.25, -0.2) is 9.59 Å². The molecule has 94 valence electrons. The smallest absolute Gasteiger partial charge is 0.434 e. The fourth-order valence-electron chi connectivity index (χ4n) is 0.506. The van der Waals surface area contributed by atoms with Crippen LogP contribution in [0.3, 0.4) is 0 Å². The number of rotatable bonds is 5. The maximum Gasteiger partial charge on any atom is 0.495 e. The van der Waals surface area contributed by atoms with Gasteiger partial charge in [0.05, 0.1) is 0 Å². The van der Waals surface area contributed by atoms with Crippen LogP contribution in [0.25, 0.3) is 0 Å². The van der Waals surface area contributed by atoms with Crippen molar-refractivity contribution in [3.8, 4) is 0 Å². The zero-order valence-corrected chi connectivity index (χ0v) is 7.31. The number of halogens is 6. The molecular weight excluding hydrogens is 250 g/mol. The van der Waals surface area contributed by atoms with Crippen LogP contribution in [0.1, 0.15) is 0 Å². The third kappa shape index (κ3) is 4.36. The van der Waals surface area contributed by atoms with Gasteiger partial charge in [0.15, 0.2) is 13.2 Å². The van der Waals surface area contributed by atoms with Gasteiger partial charge in [-0.3, -0.25) is 0 Å². The summed E-state index contributed by atoms with van der Waals surface area (Å²) in [6.45, 7) is -4.53. The molecule has 0 aliphatic heterocycles. The first kappa shape index (κ1) is 14.5. The van der Waals surface area contributed by atoms with E-state index in [1.165, 1.54) is 0 Å². The van der Waals surface area contributed by atoms with Crippen molar-refractivity contribution in [1.29, 1.82) is 0 Å². The standard InChI is InChI=1S/C6H4F6O4/c7-3(13)15-1-5(9,10)6(11,12)2-16-4(8)14/h1-2H2. The highest BCUT2D eigenvalue weighted by atomic mass is 19.3. The van der Waals surface area contributed by atoms with Crippen molar-refractivity contribution in [2.45, 2.75) is 11.8 Å². The zero-order valence-electron chi connectivity index (χ0n) is 7.31. The Hall–Kier alpha value is -1.48. The molecule has 0 N–H and O–H groups in total. The molecule has 0 atom stereocenters. The van der Waals surface area contributed by atoms with Gasteiger partial charge in [0, 0.05) is 0 Å². The quantitative estimate of drug-likeness (QED) is 0.558. The molecular formula is C6H4F6O4. The van der Waals surface area contributed by atoms with E-state index in [0.29, 0.717) is 0 Å². The lowest BCUT2D eigenvalue weighted by atomic mass is 10.2. The molecule has 0 aromatic heterocycles. The highest BCUT2D eigenvalue weighted by Gasteiger charge is 2.58. The first-order valence-corrected chi connectivity index (χ1v) is 3.48. The summed E-state index contributed by atoms with van der Waals surface area (Å²) in [6.07, 6.45) is -5.36. The van der Waals surface area contributed by atoms with Gasteiger partial charge in [-0.2, -0.15) is 17.6 Å². The van der Waals surface area contributed by atoms with Crippen molar-refractivity contribution < 1.29 is 45.4 Å². The Morgan fingerprint density at radius 1 is 0.812 bits per heavy atom. The van der Waals surface area contributed by atoms with E-state index >= 15 is 0 Å². The zero-order chi connectivity index (χ0) is 13.0. The van der Waals surface area contributed by atoms with Gasteiger partial charge >= 0.3 is 24.3 Å². The monoisotopic (exact) mass is 254 g/mol. The summed E-state index contributed by atoms with van der Waals surface area (Å²) in [5.74, 6) is -9.99. The SMILES string of the molecule is O=C(F)OCC(F)(F)C(F)(F)COC(=O)F. The summed E-state index contributed by atoms with van der Waals surface area (Å²) < 4.78 is 78.8. The molecule has 0 aliphatic carbocycles. The Labute approximate surface area is 84.1 Å². The molecule has 0 spiro atoms. The summed E-state index contributed by atoms with van der Waals surface area (Å²) in [7, 11) is 0. The Kier molecular flexibility index (Phi) is 4.57. The molecule has 0 rings (SSSR count). The maximum absolute atomic E-state index is 12.5. The van der Waals surface area contributed by atoms with Crippen LogP contribution in [0.2, 0.25) is 0 Å². The van der Waals surface area contributed by atoms with E-state index in [2.05, 4.69) is 9.47 Å². The van der Waals surface area contributed by atoms with E-state index in [4.69, 9.17) is 0 Å². The van der Waals surface area contributed by atoms with Crippen LogP contribution >= 0.6 is 0 Å². The Bertz CT molecular complexity index is 250. The van der Waals surface area contributed by atoms with Crippen molar-refractivity contribution in [2.24, 2.45) is 0 Å². The average molecular weight is 254 g/mol. The number of alkyl halides is 4. The first-order valence-electron chi connectivity index (χ1n) is 3.48. The normalized spacial score (nSPS) is 12.1. The third-order valence-electron chi connectivity index (χ3n) is 1.27. The average Bonchev–Trinajstić information content (AvgIpc) is 2.11. The van der Waals surface area contributed by atoms with Gasteiger partial charge < -0.3 is 9.47 Å². The van der Waals surface area contributed by atoms with Crippen molar-refractivity contribution in [3.05, 3.63) is 0 Å². The van der Waals surface area contributed by atoms with Gasteiger partial charge in [-0.1, -0.05) is 0 Å². The van der Waals surface area contributed by atoms with E-state index < -0.39 is 37.5 Å². The second-order valence-corrected chi connectivity index (χ2v) is 2.46. The fourth-order valence-corrected chi connectivity index (χ4v) is 0.506. The van der Waals surface area contributed by atoms with Gasteiger partial charge in [0.25, 0.3) is 0 Å². The summed E-state index contributed by atoms with van der Waals surface area (Å²) in [6, 6.07) is 0. The number of carbonyl (C=O) groups excluding carboxylic acids is 2. The van der Waals surface area contributed by atoms with Crippen molar-refractivity contribution in [1.82, 2.24) is 0 Å². The third-order valence-corrected chi connectivity index (χ3v) is 1.27. The minimum absolute atomic E-state index is 2.26. The molecule has 0 aliphatic rings. The highest BCUT2D eigenvalue weighted by Crippen LogP contribution is 2.34. The lowest BCUT2D eigenvalue weighted by molar-refractivity contribution is -0.239. The molecule has 16 heavy (non-hydrogen) atoms. The van der Waals surface area contributed by atoms with Gasteiger partial charge in [0.2, 0.25) is 0 Å². The number of hydrogen-bond acceptors (Lipinski definition) is 4. The Morgan fingerprint density at radius 3 is 1.25 bits per heavy atom. The molecule has 0 heterocycles. The minimum atomic E-state index is -5.00. The van der Waals surface area contributed by atoms with Crippen LogP contribution in [0.5, 0.6) is 0 Å². The summed E-state index contributed by atoms with van der Waals surface area (Å²) >= 11 is 0. The molecule has 0 fully saturated rings. The Morgan fingerprint density at radius 2 is 1.06 bits per heavy atom. The molecule has 0 bridgehead atoms. The predicted octanol–water partition coefficient (Wildman–Crippen LogP) is 2.47. The van der Waals surface area contributed by atoms with Crippen LogP contribution in [-0.2, 0) is 9.47 Å². The summed E-state index contributed by atoms with van der Waals surface area (Å²) in [4.78, 5) is 18.9. The molecule has 0 amide bonds. The largest absolute Gasteiger partial charge is 0.495 e. The summed E-state index contributed by atoms with van der Waals surface area (Å²) in [5.41, 5.74) is 0. The Balaban J connectivity index is 4.44. The molecule has 0 radical (unpaired) electrons. The second-order valence-electron chi connectivity index (χ2n) is 2.46. The topological polar surface area (TPSA) is 52.6 Å². The lowest BCUT2D eigenvalue weighted by Crippen LogP contribution is -2.48. The maximum atomic E-state index is 12.5. The second kappa shape index (κ2) is 5.03. The minimum Gasteiger partial charge on any atom is -0.434 e. The molecule has 0 saturated carbocycles. The van der Waals surface area contributed by atoms with Crippen LogP contribution in [0, 0.1) is 0 Å². The van der Waals surface area contributed by atoms with E-state index in [9.17, 15) is 35.9 Å². The predicted molar refractivity (Wildman–Crippen MR) is 34.8 cm³/mol. The van der Waals surface area contributed by atoms with Gasteiger partial charge in [-0.15, -0.1) is 8.78 Å². The van der Waals surface area contributed by atoms with E-state index in [0.717, 1.165) is 0 Å². The van der Waals surface area contributed by atoms with Crippen molar-refractivity contribution in [2.75, 3.05) is 13.2 Å². The number of carbonyl (C=O) groups is 2. The van der Waals surface area contributed by atoms with E-state index in [1.807, 2.05) is 0 Å². The molecule has 0 saturated heterocycles. The van der Waals surface area contributed by atoms with Gasteiger partial charge in [0.1, 0.15) is 0 Å². The van der Waals surface area contributed by atoms with Crippen molar-refractivity contribution >= 4 is 12.4 Å². The van der Waals surface area contributed by atoms with Crippen molar-refractivity contribution in [3.63, 3.8) is 0 Å². The lowest BCUT2D eigenvalue weighted by Gasteiger charge is -2.24. The van der Waals surface area contributed by atoms with Crippen LogP contribution in [0.15, 0.2) is 0 Å². The van der Waals surface area contributed by atoms with Gasteiger partial charge in [-0.05, 0) is 0 Å². The first-order chi connectivity index (χ1) is 7.08. The molecule has 0 unspecified atom stereocenters. The van der Waals surface area contributed by atoms with Crippen LogP contribution in [-0.4, -0.2) is 37.5 Å². The van der Waals surface area contributed by atoms with Crippen LogP contribution in [0.4, 0.5) is 35.9 Å². The van der Waals surface area contributed by atoms with E-state index in [-0.39, 0.29) is 0 Å². The number of ether oxygens (including phenoxy) is 2. The van der Waals surface area contributed by atoms with Crippen LogP contribution < -0.4 is 0 Å². The highest BCUT2D eigenvalue weighted by molar-refractivity contribution is 5.58. The molecule has 0 aromatic rings. The molecule has 4 nitrogen and oxygen atoms in total.